The van der Waals surface area contributed by atoms with Crippen molar-refractivity contribution in [2.24, 2.45) is 0 Å². The third-order valence-electron chi connectivity index (χ3n) is 2.07. The maximum atomic E-state index is 11.1. The molecule has 0 bridgehead atoms. The molecule has 0 aromatic carbocycles. The van der Waals surface area contributed by atoms with Crippen LogP contribution in [0.15, 0.2) is 23.4 Å². The summed E-state index contributed by atoms with van der Waals surface area (Å²) in [6, 6.07) is 0. The van der Waals surface area contributed by atoms with E-state index in [9.17, 15) is 4.79 Å². The van der Waals surface area contributed by atoms with E-state index in [2.05, 4.69) is 9.97 Å². The first-order valence-corrected chi connectivity index (χ1v) is 3.91. The van der Waals surface area contributed by atoms with Gasteiger partial charge in [-0.1, -0.05) is 0 Å². The third kappa shape index (κ3) is 1.07. The second-order valence-electron chi connectivity index (χ2n) is 2.95. The van der Waals surface area contributed by atoms with Crippen molar-refractivity contribution in [2.75, 3.05) is 5.73 Å². The van der Waals surface area contributed by atoms with Crippen molar-refractivity contribution in [1.29, 1.82) is 0 Å². The number of rotatable bonds is 0. The number of aromatic nitrogens is 2. The zero-order chi connectivity index (χ0) is 9.42. The van der Waals surface area contributed by atoms with Crippen LogP contribution in [0.25, 0.3) is 10.8 Å². The first kappa shape index (κ1) is 7.79. The van der Waals surface area contributed by atoms with Crippen molar-refractivity contribution in [2.45, 2.75) is 6.92 Å². The van der Waals surface area contributed by atoms with Gasteiger partial charge in [0.15, 0.2) is 0 Å². The maximum Gasteiger partial charge on any atom is 0.271 e. The smallest absolute Gasteiger partial charge is 0.271 e. The molecule has 13 heavy (non-hydrogen) atoms. The van der Waals surface area contributed by atoms with Gasteiger partial charge in [0.05, 0.1) is 0 Å². The Bertz CT molecular complexity index is 516. The van der Waals surface area contributed by atoms with Crippen LogP contribution in [0.5, 0.6) is 0 Å². The summed E-state index contributed by atoms with van der Waals surface area (Å²) in [6.45, 7) is 1.92. The number of hydrogen-bond donors (Lipinski definition) is 2. The van der Waals surface area contributed by atoms with E-state index in [1.54, 1.807) is 18.6 Å². The number of aromatic amines is 1. The molecule has 0 saturated heterocycles. The molecule has 4 heteroatoms. The highest BCUT2D eigenvalue weighted by Gasteiger charge is 2.03. The number of fused-ring (bicyclic) bond motifs is 1. The van der Waals surface area contributed by atoms with Crippen LogP contribution in [0.4, 0.5) is 5.69 Å². The van der Waals surface area contributed by atoms with E-state index in [0.717, 1.165) is 10.9 Å². The lowest BCUT2D eigenvalue weighted by atomic mass is 10.1. The Morgan fingerprint density at radius 2 is 2.15 bits per heavy atom. The first-order chi connectivity index (χ1) is 6.20. The van der Waals surface area contributed by atoms with E-state index in [0.29, 0.717) is 5.39 Å². The van der Waals surface area contributed by atoms with Gasteiger partial charge in [-0.15, -0.1) is 0 Å². The first-order valence-electron chi connectivity index (χ1n) is 3.91. The maximum absolute atomic E-state index is 11.1. The molecule has 0 aliphatic rings. The Morgan fingerprint density at radius 3 is 2.92 bits per heavy atom. The third-order valence-corrected chi connectivity index (χ3v) is 2.07. The molecular formula is C9H9N3O. The van der Waals surface area contributed by atoms with Crippen molar-refractivity contribution >= 4 is 16.5 Å². The average Bonchev–Trinajstić information content (AvgIpc) is 2.12. The van der Waals surface area contributed by atoms with Gasteiger partial charge in [0.1, 0.15) is 5.69 Å². The van der Waals surface area contributed by atoms with Gasteiger partial charge in [0.25, 0.3) is 5.56 Å². The summed E-state index contributed by atoms with van der Waals surface area (Å²) in [6.07, 6.45) is 5.00. The van der Waals surface area contributed by atoms with Crippen molar-refractivity contribution in [3.63, 3.8) is 0 Å². The Kier molecular flexibility index (Phi) is 1.55. The molecule has 2 aromatic heterocycles. The summed E-state index contributed by atoms with van der Waals surface area (Å²) in [7, 11) is 0. The highest BCUT2D eigenvalue weighted by atomic mass is 16.1. The Morgan fingerprint density at radius 1 is 1.38 bits per heavy atom. The highest BCUT2D eigenvalue weighted by Crippen LogP contribution is 2.17. The van der Waals surface area contributed by atoms with Gasteiger partial charge in [-0.2, -0.15) is 0 Å². The number of aryl methyl sites for hydroxylation is 1. The molecule has 2 rings (SSSR count). The van der Waals surface area contributed by atoms with Crippen molar-refractivity contribution in [1.82, 2.24) is 9.97 Å². The van der Waals surface area contributed by atoms with E-state index in [4.69, 9.17) is 5.73 Å². The summed E-state index contributed by atoms with van der Waals surface area (Å²) in [5.74, 6) is 0. The summed E-state index contributed by atoms with van der Waals surface area (Å²) < 4.78 is 0. The van der Waals surface area contributed by atoms with Crippen LogP contribution in [0.1, 0.15) is 5.56 Å². The minimum Gasteiger partial charge on any atom is -0.394 e. The Balaban J connectivity index is 3.03. The van der Waals surface area contributed by atoms with Crippen LogP contribution in [0.2, 0.25) is 0 Å². The van der Waals surface area contributed by atoms with Crippen LogP contribution in [0.3, 0.4) is 0 Å². The summed E-state index contributed by atoms with van der Waals surface area (Å²) in [4.78, 5) is 17.7. The number of pyridine rings is 2. The van der Waals surface area contributed by atoms with Gasteiger partial charge < -0.3 is 10.7 Å². The van der Waals surface area contributed by atoms with Crippen molar-refractivity contribution in [3.8, 4) is 0 Å². The van der Waals surface area contributed by atoms with E-state index in [1.165, 1.54) is 0 Å². The number of H-pyrrole nitrogens is 1. The quantitative estimate of drug-likeness (QED) is 0.622. The van der Waals surface area contributed by atoms with Crippen molar-refractivity contribution in [3.05, 3.63) is 34.5 Å². The molecule has 0 atom stereocenters. The number of nitrogens with two attached hydrogens (primary N) is 1. The van der Waals surface area contributed by atoms with E-state index < -0.39 is 0 Å². The molecule has 2 aromatic rings. The predicted molar refractivity (Wildman–Crippen MR) is 51.5 cm³/mol. The second-order valence-corrected chi connectivity index (χ2v) is 2.95. The molecule has 0 aliphatic heterocycles. The van der Waals surface area contributed by atoms with Crippen LogP contribution in [-0.2, 0) is 0 Å². The van der Waals surface area contributed by atoms with Crippen LogP contribution >= 0.6 is 0 Å². The van der Waals surface area contributed by atoms with Crippen molar-refractivity contribution < 1.29 is 0 Å². The molecule has 0 aliphatic carbocycles. The lowest BCUT2D eigenvalue weighted by molar-refractivity contribution is 1.24. The monoisotopic (exact) mass is 175 g/mol. The summed E-state index contributed by atoms with van der Waals surface area (Å²) in [5.41, 5.74) is 6.57. The normalized spacial score (nSPS) is 10.5. The SMILES string of the molecule is Cc1cncc2c(N)c(=O)[nH]cc12. The average molecular weight is 175 g/mol. The largest absolute Gasteiger partial charge is 0.394 e. The van der Waals surface area contributed by atoms with Gasteiger partial charge in [-0.3, -0.25) is 9.78 Å². The molecule has 4 nitrogen and oxygen atoms in total. The molecule has 0 saturated carbocycles. The fraction of sp³-hybridized carbons (Fsp3) is 0.111. The highest BCUT2D eigenvalue weighted by molar-refractivity contribution is 5.92. The number of nitrogen functional groups attached to an aromatic ring is 1. The molecule has 0 fully saturated rings. The van der Waals surface area contributed by atoms with Gasteiger partial charge in [0, 0.05) is 29.4 Å². The Labute approximate surface area is 74.4 Å². The van der Waals surface area contributed by atoms with Gasteiger partial charge in [-0.05, 0) is 12.5 Å². The predicted octanol–water partition coefficient (Wildman–Crippen LogP) is 0.814. The number of nitrogens with one attached hydrogen (secondary N) is 1. The van der Waals surface area contributed by atoms with Crippen LogP contribution < -0.4 is 11.3 Å². The van der Waals surface area contributed by atoms with Crippen LogP contribution in [0, 0.1) is 6.92 Å². The minimum atomic E-state index is -0.264. The molecule has 66 valence electrons. The molecule has 2 heterocycles. The van der Waals surface area contributed by atoms with Gasteiger partial charge in [-0.25, -0.2) is 0 Å². The summed E-state index contributed by atoms with van der Waals surface area (Å²) in [5, 5.41) is 1.65. The molecule has 0 unspecified atom stereocenters. The van der Waals surface area contributed by atoms with E-state index in [-0.39, 0.29) is 11.2 Å². The van der Waals surface area contributed by atoms with E-state index in [1.807, 2.05) is 6.92 Å². The molecular weight excluding hydrogens is 166 g/mol. The fourth-order valence-electron chi connectivity index (χ4n) is 1.32. The number of nitrogens with zero attached hydrogens (tertiary/aromatic N) is 1. The lowest BCUT2D eigenvalue weighted by Gasteiger charge is -2.01. The van der Waals surface area contributed by atoms with Gasteiger partial charge in [0.2, 0.25) is 0 Å². The zero-order valence-corrected chi connectivity index (χ0v) is 7.16. The Hall–Kier alpha value is -1.84. The molecule has 0 spiro atoms. The second kappa shape index (κ2) is 2.58. The molecule has 0 radical (unpaired) electrons. The number of anilines is 1. The standard InChI is InChI=1S/C9H9N3O/c1-5-2-11-3-7-6(5)4-12-9(13)8(7)10/h2-4H,10H2,1H3,(H,12,13). The van der Waals surface area contributed by atoms with Crippen LogP contribution in [-0.4, -0.2) is 9.97 Å². The number of hydrogen-bond acceptors (Lipinski definition) is 3. The topological polar surface area (TPSA) is 71.8 Å². The minimum absolute atomic E-state index is 0.230. The zero-order valence-electron chi connectivity index (χ0n) is 7.16. The van der Waals surface area contributed by atoms with Gasteiger partial charge >= 0.3 is 0 Å². The fourth-order valence-corrected chi connectivity index (χ4v) is 1.32. The lowest BCUT2D eigenvalue weighted by Crippen LogP contribution is -2.11. The van der Waals surface area contributed by atoms with E-state index >= 15 is 0 Å². The molecule has 0 amide bonds. The molecule has 3 N–H and O–H groups in total. The summed E-state index contributed by atoms with van der Waals surface area (Å²) >= 11 is 0.